The van der Waals surface area contributed by atoms with Crippen LogP contribution in [0.2, 0.25) is 0 Å². The lowest BCUT2D eigenvalue weighted by molar-refractivity contribution is -0.137. The van der Waals surface area contributed by atoms with Gasteiger partial charge < -0.3 is 0 Å². The van der Waals surface area contributed by atoms with Crippen LogP contribution < -0.4 is 0 Å². The summed E-state index contributed by atoms with van der Waals surface area (Å²) in [7, 11) is 0. The summed E-state index contributed by atoms with van der Waals surface area (Å²) in [5.74, 6) is 0.357. The van der Waals surface area contributed by atoms with Crippen LogP contribution >= 0.6 is 0 Å². The standard InChI is InChI=1S/C12H14F3N/c13-12(14,15)10-6-7-11(16-8-10)9-4-2-1-3-5-9/h6-9H,1-5H2. The van der Waals surface area contributed by atoms with Crippen molar-refractivity contribution >= 4 is 0 Å². The summed E-state index contributed by atoms with van der Waals surface area (Å²) in [6, 6.07) is 2.66. The Morgan fingerprint density at radius 2 is 1.75 bits per heavy atom. The Kier molecular flexibility index (Phi) is 3.17. The summed E-state index contributed by atoms with van der Waals surface area (Å²) in [5.41, 5.74) is 0.153. The SMILES string of the molecule is FC(F)(F)c1ccc(C2CCCCC2)nc1. The van der Waals surface area contributed by atoms with Gasteiger partial charge in [0.15, 0.2) is 0 Å². The lowest BCUT2D eigenvalue weighted by atomic mass is 9.86. The molecule has 0 N–H and O–H groups in total. The van der Waals surface area contributed by atoms with Crippen LogP contribution in [0.3, 0.4) is 0 Å². The smallest absolute Gasteiger partial charge is 0.260 e. The molecule has 1 nitrogen and oxygen atoms in total. The molecule has 1 fully saturated rings. The van der Waals surface area contributed by atoms with E-state index in [1.807, 2.05) is 0 Å². The molecule has 1 aromatic rings. The van der Waals surface area contributed by atoms with Crippen molar-refractivity contribution < 1.29 is 13.2 Å². The number of aromatic nitrogens is 1. The molecule has 4 heteroatoms. The molecule has 0 atom stereocenters. The lowest BCUT2D eigenvalue weighted by Crippen LogP contribution is -2.09. The Morgan fingerprint density at radius 1 is 1.06 bits per heavy atom. The van der Waals surface area contributed by atoms with Gasteiger partial charge in [0.05, 0.1) is 5.56 Å². The van der Waals surface area contributed by atoms with E-state index in [9.17, 15) is 13.2 Å². The first-order valence-electron chi connectivity index (χ1n) is 5.60. The molecule has 0 aromatic carbocycles. The van der Waals surface area contributed by atoms with Crippen molar-refractivity contribution in [2.75, 3.05) is 0 Å². The fraction of sp³-hybridized carbons (Fsp3) is 0.583. The third kappa shape index (κ3) is 2.54. The Bertz CT molecular complexity index is 336. The number of hydrogen-bond donors (Lipinski definition) is 0. The zero-order valence-electron chi connectivity index (χ0n) is 8.93. The first kappa shape index (κ1) is 11.4. The van der Waals surface area contributed by atoms with E-state index in [0.29, 0.717) is 5.92 Å². The number of rotatable bonds is 1. The minimum absolute atomic E-state index is 0.357. The van der Waals surface area contributed by atoms with Gasteiger partial charge in [-0.05, 0) is 25.0 Å². The van der Waals surface area contributed by atoms with Crippen LogP contribution in [0.1, 0.15) is 49.3 Å². The molecule has 1 aliphatic rings. The number of hydrogen-bond acceptors (Lipinski definition) is 1. The normalized spacial score (nSPS) is 18.7. The highest BCUT2D eigenvalue weighted by Crippen LogP contribution is 2.33. The summed E-state index contributed by atoms with van der Waals surface area (Å²) >= 11 is 0. The lowest BCUT2D eigenvalue weighted by Gasteiger charge is -2.21. The Hall–Kier alpha value is -1.06. The minimum Gasteiger partial charge on any atom is -0.260 e. The fourth-order valence-electron chi connectivity index (χ4n) is 2.21. The molecule has 1 aliphatic carbocycles. The molecule has 1 aromatic heterocycles. The van der Waals surface area contributed by atoms with Crippen molar-refractivity contribution in [2.24, 2.45) is 0 Å². The van der Waals surface area contributed by atoms with Gasteiger partial charge in [-0.2, -0.15) is 13.2 Å². The van der Waals surface area contributed by atoms with E-state index in [2.05, 4.69) is 4.98 Å². The van der Waals surface area contributed by atoms with Crippen LogP contribution in [0.15, 0.2) is 18.3 Å². The molecular formula is C12H14F3N. The predicted molar refractivity (Wildman–Crippen MR) is 55.1 cm³/mol. The van der Waals surface area contributed by atoms with Gasteiger partial charge in [0.1, 0.15) is 0 Å². The second kappa shape index (κ2) is 4.44. The molecule has 1 saturated carbocycles. The van der Waals surface area contributed by atoms with Gasteiger partial charge >= 0.3 is 6.18 Å². The average molecular weight is 229 g/mol. The van der Waals surface area contributed by atoms with Gasteiger partial charge in [0, 0.05) is 17.8 Å². The third-order valence-electron chi connectivity index (χ3n) is 3.14. The monoisotopic (exact) mass is 229 g/mol. The van der Waals surface area contributed by atoms with Crippen molar-refractivity contribution in [1.29, 1.82) is 0 Å². The molecule has 2 rings (SSSR count). The molecule has 0 spiro atoms. The molecule has 1 heterocycles. The van der Waals surface area contributed by atoms with Crippen LogP contribution in [-0.4, -0.2) is 4.98 Å². The average Bonchev–Trinajstić information content (AvgIpc) is 2.29. The van der Waals surface area contributed by atoms with Crippen molar-refractivity contribution in [3.63, 3.8) is 0 Å². The maximum absolute atomic E-state index is 12.3. The van der Waals surface area contributed by atoms with Crippen LogP contribution in [-0.2, 0) is 6.18 Å². The second-order valence-electron chi connectivity index (χ2n) is 4.30. The van der Waals surface area contributed by atoms with Crippen LogP contribution in [0.4, 0.5) is 13.2 Å². The van der Waals surface area contributed by atoms with Crippen molar-refractivity contribution in [3.05, 3.63) is 29.6 Å². The molecule has 0 radical (unpaired) electrons. The quantitative estimate of drug-likeness (QED) is 0.705. The van der Waals surface area contributed by atoms with E-state index in [4.69, 9.17) is 0 Å². The van der Waals surface area contributed by atoms with E-state index in [0.717, 1.165) is 43.6 Å². The van der Waals surface area contributed by atoms with Gasteiger partial charge in [-0.15, -0.1) is 0 Å². The van der Waals surface area contributed by atoms with Gasteiger partial charge in [-0.1, -0.05) is 19.3 Å². The van der Waals surface area contributed by atoms with E-state index in [1.54, 1.807) is 0 Å². The topological polar surface area (TPSA) is 12.9 Å². The van der Waals surface area contributed by atoms with E-state index >= 15 is 0 Å². The van der Waals surface area contributed by atoms with Gasteiger partial charge in [0.25, 0.3) is 0 Å². The van der Waals surface area contributed by atoms with Crippen LogP contribution in [0.5, 0.6) is 0 Å². The molecule has 0 aliphatic heterocycles. The Morgan fingerprint density at radius 3 is 2.25 bits per heavy atom. The van der Waals surface area contributed by atoms with Gasteiger partial charge in [0.2, 0.25) is 0 Å². The largest absolute Gasteiger partial charge is 0.417 e. The zero-order chi connectivity index (χ0) is 11.6. The molecule has 0 bridgehead atoms. The maximum Gasteiger partial charge on any atom is 0.417 e. The van der Waals surface area contributed by atoms with E-state index in [-0.39, 0.29) is 0 Å². The van der Waals surface area contributed by atoms with Gasteiger partial charge in [-0.25, -0.2) is 0 Å². The van der Waals surface area contributed by atoms with Gasteiger partial charge in [-0.3, -0.25) is 4.98 Å². The summed E-state index contributed by atoms with van der Waals surface area (Å²) in [6.45, 7) is 0. The van der Waals surface area contributed by atoms with Crippen molar-refractivity contribution in [1.82, 2.24) is 4.98 Å². The fourth-order valence-corrected chi connectivity index (χ4v) is 2.21. The predicted octanol–water partition coefficient (Wildman–Crippen LogP) is 4.15. The first-order chi connectivity index (χ1) is 7.57. The van der Waals surface area contributed by atoms with Crippen LogP contribution in [0, 0.1) is 0 Å². The first-order valence-corrected chi connectivity index (χ1v) is 5.60. The van der Waals surface area contributed by atoms with Crippen molar-refractivity contribution in [3.8, 4) is 0 Å². The molecular weight excluding hydrogens is 215 g/mol. The van der Waals surface area contributed by atoms with Crippen molar-refractivity contribution in [2.45, 2.75) is 44.2 Å². The number of pyridine rings is 1. The number of halogens is 3. The third-order valence-corrected chi connectivity index (χ3v) is 3.14. The van der Waals surface area contributed by atoms with Crippen LogP contribution in [0.25, 0.3) is 0 Å². The highest BCUT2D eigenvalue weighted by Gasteiger charge is 2.31. The Labute approximate surface area is 92.7 Å². The molecule has 0 saturated heterocycles. The zero-order valence-corrected chi connectivity index (χ0v) is 8.93. The summed E-state index contributed by atoms with van der Waals surface area (Å²) in [5, 5.41) is 0. The molecule has 16 heavy (non-hydrogen) atoms. The number of nitrogens with zero attached hydrogens (tertiary/aromatic N) is 1. The second-order valence-corrected chi connectivity index (χ2v) is 4.30. The number of alkyl halides is 3. The minimum atomic E-state index is -4.28. The summed E-state index contributed by atoms with van der Waals surface area (Å²) in [6.07, 6.45) is 2.33. The van der Waals surface area contributed by atoms with E-state index in [1.165, 1.54) is 12.5 Å². The summed E-state index contributed by atoms with van der Waals surface area (Å²) in [4.78, 5) is 3.95. The summed E-state index contributed by atoms with van der Waals surface area (Å²) < 4.78 is 37.0. The van der Waals surface area contributed by atoms with E-state index < -0.39 is 11.7 Å². The molecule has 88 valence electrons. The molecule has 0 amide bonds. The highest BCUT2D eigenvalue weighted by molar-refractivity contribution is 5.19. The molecule has 0 unspecified atom stereocenters. The highest BCUT2D eigenvalue weighted by atomic mass is 19.4. The maximum atomic E-state index is 12.3. The Balaban J connectivity index is 2.12.